The van der Waals surface area contributed by atoms with Crippen molar-refractivity contribution in [3.63, 3.8) is 0 Å². The summed E-state index contributed by atoms with van der Waals surface area (Å²) in [5, 5.41) is 0. The monoisotopic (exact) mass is 383 g/mol. The van der Waals surface area contributed by atoms with Crippen molar-refractivity contribution in [1.29, 1.82) is 0 Å². The van der Waals surface area contributed by atoms with Gasteiger partial charge in [-0.15, -0.1) is 0 Å². The Kier molecular flexibility index (Phi) is 4.02. The zero-order valence-corrected chi connectivity index (χ0v) is 17.2. The highest BCUT2D eigenvalue weighted by atomic mass is 16.6. The Hall–Kier alpha value is -2.01. The van der Waals surface area contributed by atoms with Crippen LogP contribution in [0, 0.1) is 5.92 Å². The summed E-state index contributed by atoms with van der Waals surface area (Å²) in [6.07, 6.45) is 6.85. The third-order valence-corrected chi connectivity index (χ3v) is 7.32. The van der Waals surface area contributed by atoms with Crippen LogP contribution in [0.25, 0.3) is 0 Å². The topological polar surface area (TPSA) is 48.0 Å². The molecule has 5 atom stereocenters. The van der Waals surface area contributed by atoms with Gasteiger partial charge in [0.1, 0.15) is 6.10 Å². The standard InChI is InChI=1S/C23H29NO4/c1-5-14-11-19(26-6-2)21-20-15(14)12-17-16-7-8-18(27-13(3)25)22(28-21)23(16,20)9-10-24(17)4/h7-8,11,16-18,22H,5-6,9-10,12H2,1-4H3/t16-,17+,18-,22-,23-/m0/s1. The van der Waals surface area contributed by atoms with Crippen molar-refractivity contribution in [2.75, 3.05) is 20.2 Å². The number of hydrogen-bond donors (Lipinski definition) is 0. The summed E-state index contributed by atoms with van der Waals surface area (Å²) in [6.45, 7) is 7.34. The lowest BCUT2D eigenvalue weighted by atomic mass is 9.53. The first kappa shape index (κ1) is 18.0. The minimum atomic E-state index is -0.351. The molecule has 2 heterocycles. The van der Waals surface area contributed by atoms with Crippen LogP contribution in [0.5, 0.6) is 11.5 Å². The van der Waals surface area contributed by atoms with Crippen molar-refractivity contribution >= 4 is 5.97 Å². The smallest absolute Gasteiger partial charge is 0.303 e. The molecule has 4 aliphatic rings. The zero-order valence-electron chi connectivity index (χ0n) is 17.2. The molecular formula is C23H29NO4. The van der Waals surface area contributed by atoms with E-state index in [2.05, 4.69) is 37.1 Å². The number of rotatable bonds is 4. The molecule has 5 rings (SSSR count). The molecule has 0 aromatic heterocycles. The van der Waals surface area contributed by atoms with Gasteiger partial charge in [-0.05, 0) is 63.0 Å². The average molecular weight is 383 g/mol. The predicted octanol–water partition coefficient (Wildman–Crippen LogP) is 3.02. The molecule has 1 saturated heterocycles. The lowest BCUT2D eigenvalue weighted by molar-refractivity contribution is -0.152. The Morgan fingerprint density at radius 3 is 2.89 bits per heavy atom. The molecule has 2 bridgehead atoms. The Morgan fingerprint density at radius 2 is 2.18 bits per heavy atom. The maximum Gasteiger partial charge on any atom is 0.303 e. The normalized spacial score (nSPS) is 34.6. The Morgan fingerprint density at radius 1 is 1.36 bits per heavy atom. The molecule has 28 heavy (non-hydrogen) atoms. The molecule has 1 aromatic rings. The molecule has 0 N–H and O–H groups in total. The summed E-state index contributed by atoms with van der Waals surface area (Å²) >= 11 is 0. The van der Waals surface area contributed by atoms with Crippen molar-refractivity contribution < 1.29 is 19.0 Å². The molecular weight excluding hydrogens is 354 g/mol. The van der Waals surface area contributed by atoms with Gasteiger partial charge >= 0.3 is 5.97 Å². The maximum atomic E-state index is 11.8. The van der Waals surface area contributed by atoms with E-state index in [-0.39, 0.29) is 23.6 Å². The van der Waals surface area contributed by atoms with Crippen LogP contribution in [0.1, 0.15) is 43.9 Å². The van der Waals surface area contributed by atoms with Crippen LogP contribution >= 0.6 is 0 Å². The largest absolute Gasteiger partial charge is 0.490 e. The Labute approximate surface area is 166 Å². The van der Waals surface area contributed by atoms with Crippen LogP contribution in [-0.2, 0) is 27.8 Å². The van der Waals surface area contributed by atoms with E-state index in [9.17, 15) is 4.79 Å². The lowest BCUT2D eigenvalue weighted by Crippen LogP contribution is -2.65. The molecule has 0 amide bonds. The summed E-state index contributed by atoms with van der Waals surface area (Å²) in [6, 6.07) is 2.63. The molecule has 0 saturated carbocycles. The van der Waals surface area contributed by atoms with Gasteiger partial charge in [-0.3, -0.25) is 4.79 Å². The van der Waals surface area contributed by atoms with Crippen molar-refractivity contribution in [2.24, 2.45) is 5.92 Å². The molecule has 1 aromatic carbocycles. The van der Waals surface area contributed by atoms with Crippen molar-refractivity contribution in [1.82, 2.24) is 4.90 Å². The summed E-state index contributed by atoms with van der Waals surface area (Å²) in [5.74, 6) is 1.86. The van der Waals surface area contributed by atoms with Gasteiger partial charge in [-0.1, -0.05) is 13.0 Å². The molecule has 1 spiro atoms. The molecule has 0 unspecified atom stereocenters. The van der Waals surface area contributed by atoms with E-state index in [4.69, 9.17) is 14.2 Å². The van der Waals surface area contributed by atoms with E-state index in [1.807, 2.05) is 6.92 Å². The first-order chi connectivity index (χ1) is 13.5. The number of piperidine rings is 1. The van der Waals surface area contributed by atoms with Crippen LogP contribution in [0.2, 0.25) is 0 Å². The van der Waals surface area contributed by atoms with Gasteiger partial charge < -0.3 is 19.1 Å². The first-order valence-electron chi connectivity index (χ1n) is 10.6. The number of carbonyl (C=O) groups excluding carboxylic acids is 1. The summed E-state index contributed by atoms with van der Waals surface area (Å²) in [7, 11) is 2.24. The quantitative estimate of drug-likeness (QED) is 0.591. The van der Waals surface area contributed by atoms with E-state index in [1.54, 1.807) is 0 Å². The highest BCUT2D eigenvalue weighted by Gasteiger charge is 2.65. The first-order valence-corrected chi connectivity index (χ1v) is 10.6. The Bertz CT molecular complexity index is 863. The number of likely N-dealkylation sites (tertiary alicyclic amines) is 1. The molecule has 0 radical (unpaired) electrons. The molecule has 5 nitrogen and oxygen atoms in total. The minimum Gasteiger partial charge on any atom is -0.490 e. The van der Waals surface area contributed by atoms with E-state index < -0.39 is 0 Å². The third kappa shape index (κ3) is 2.20. The second-order valence-electron chi connectivity index (χ2n) is 8.57. The van der Waals surface area contributed by atoms with E-state index in [0.29, 0.717) is 18.6 Å². The molecule has 5 heteroatoms. The van der Waals surface area contributed by atoms with Gasteiger partial charge in [-0.2, -0.15) is 0 Å². The fraction of sp³-hybridized carbons (Fsp3) is 0.609. The van der Waals surface area contributed by atoms with Gasteiger partial charge in [0.05, 0.1) is 6.61 Å². The second kappa shape index (κ2) is 6.24. The highest BCUT2D eigenvalue weighted by molar-refractivity contribution is 5.68. The highest BCUT2D eigenvalue weighted by Crippen LogP contribution is 2.63. The van der Waals surface area contributed by atoms with Crippen molar-refractivity contribution in [3.8, 4) is 11.5 Å². The van der Waals surface area contributed by atoms with E-state index in [1.165, 1.54) is 23.6 Å². The van der Waals surface area contributed by atoms with Crippen LogP contribution in [-0.4, -0.2) is 49.3 Å². The van der Waals surface area contributed by atoms with E-state index >= 15 is 0 Å². The molecule has 2 aliphatic heterocycles. The van der Waals surface area contributed by atoms with Crippen LogP contribution in [0.3, 0.4) is 0 Å². The Balaban J connectivity index is 1.76. The summed E-state index contributed by atoms with van der Waals surface area (Å²) in [4.78, 5) is 14.3. The van der Waals surface area contributed by atoms with E-state index in [0.717, 1.165) is 37.3 Å². The molecule has 2 aliphatic carbocycles. The van der Waals surface area contributed by atoms with Gasteiger partial charge in [0.15, 0.2) is 17.6 Å². The van der Waals surface area contributed by atoms with Crippen molar-refractivity contribution in [2.45, 2.75) is 63.7 Å². The van der Waals surface area contributed by atoms with Gasteiger partial charge in [0.2, 0.25) is 0 Å². The summed E-state index contributed by atoms with van der Waals surface area (Å²) in [5.41, 5.74) is 4.01. The van der Waals surface area contributed by atoms with Crippen LogP contribution in [0.15, 0.2) is 18.2 Å². The van der Waals surface area contributed by atoms with Crippen LogP contribution < -0.4 is 9.47 Å². The van der Waals surface area contributed by atoms with Crippen molar-refractivity contribution in [3.05, 3.63) is 34.9 Å². The third-order valence-electron chi connectivity index (χ3n) is 7.32. The predicted molar refractivity (Wildman–Crippen MR) is 106 cm³/mol. The SMILES string of the molecule is CCOc1cc(CC)c2c3c1O[C@H]1[C@@H](OC(C)=O)C=C[C@H]4[C@@H](C2)N(C)CC[C@@]341. The molecule has 1 fully saturated rings. The maximum absolute atomic E-state index is 11.8. The zero-order chi connectivity index (χ0) is 19.6. The number of benzene rings is 1. The fourth-order valence-electron chi connectivity index (χ4n) is 6.24. The van der Waals surface area contributed by atoms with Gasteiger partial charge in [0, 0.05) is 29.9 Å². The number of likely N-dealkylation sites (N-methyl/N-ethyl adjacent to an activating group) is 1. The fourth-order valence-corrected chi connectivity index (χ4v) is 6.24. The van der Waals surface area contributed by atoms with Gasteiger partial charge in [0.25, 0.3) is 0 Å². The average Bonchev–Trinajstić information content (AvgIpc) is 3.01. The second-order valence-corrected chi connectivity index (χ2v) is 8.57. The number of ether oxygens (including phenoxy) is 3. The number of carbonyl (C=O) groups is 1. The number of hydrogen-bond acceptors (Lipinski definition) is 5. The number of aryl methyl sites for hydroxylation is 1. The number of nitrogens with zero attached hydrogens (tertiary/aromatic N) is 1. The molecule has 150 valence electrons. The van der Waals surface area contributed by atoms with Gasteiger partial charge in [-0.25, -0.2) is 0 Å². The van der Waals surface area contributed by atoms with Crippen LogP contribution in [0.4, 0.5) is 0 Å². The summed E-state index contributed by atoms with van der Waals surface area (Å²) < 4.78 is 18.4. The lowest BCUT2D eigenvalue weighted by Gasteiger charge is -2.56. The minimum absolute atomic E-state index is 0.133. The number of esters is 1.